The number of alkyl halides is 1. The standard InChI is InChI=1S/C11H12FN/c1-6-4-8(6)11-9-5-7(12)2-3-10(9)13-11/h2-3,6-8H,4-5H2,1H3. The number of halogens is 1. The maximum atomic E-state index is 13.0. The topological polar surface area (TPSA) is 12.4 Å². The van der Waals surface area contributed by atoms with E-state index in [1.165, 1.54) is 17.7 Å². The van der Waals surface area contributed by atoms with Crippen LogP contribution in [0.2, 0.25) is 0 Å². The first-order valence-electron chi connectivity index (χ1n) is 4.90. The van der Waals surface area contributed by atoms with Gasteiger partial charge in [0.2, 0.25) is 0 Å². The van der Waals surface area contributed by atoms with Crippen LogP contribution in [-0.4, -0.2) is 11.9 Å². The smallest absolute Gasteiger partial charge is 0.123 e. The summed E-state index contributed by atoms with van der Waals surface area (Å²) in [5.74, 6) is 1.43. The third-order valence-corrected chi connectivity index (χ3v) is 3.18. The van der Waals surface area contributed by atoms with Gasteiger partial charge in [-0.15, -0.1) is 0 Å². The maximum absolute atomic E-state index is 13.0. The molecule has 1 saturated carbocycles. The molecule has 1 heterocycles. The molecule has 2 aliphatic carbocycles. The molecule has 3 unspecified atom stereocenters. The Morgan fingerprint density at radius 2 is 2.31 bits per heavy atom. The summed E-state index contributed by atoms with van der Waals surface area (Å²) in [4.78, 5) is 4.43. The monoisotopic (exact) mass is 177 g/mol. The van der Waals surface area contributed by atoms with Gasteiger partial charge in [0.15, 0.2) is 0 Å². The van der Waals surface area contributed by atoms with Crippen molar-refractivity contribution in [1.82, 2.24) is 0 Å². The molecule has 13 heavy (non-hydrogen) atoms. The molecule has 0 saturated heterocycles. The minimum Gasteiger partial charge on any atom is -0.252 e. The molecule has 0 amide bonds. The molecule has 1 nitrogen and oxygen atoms in total. The van der Waals surface area contributed by atoms with Crippen LogP contribution in [0.25, 0.3) is 0 Å². The Bertz CT molecular complexity index is 351. The molecule has 0 aromatic rings. The van der Waals surface area contributed by atoms with E-state index >= 15 is 0 Å². The predicted octanol–water partition coefficient (Wildman–Crippen LogP) is 2.65. The zero-order valence-electron chi connectivity index (χ0n) is 7.63. The van der Waals surface area contributed by atoms with Gasteiger partial charge in [0, 0.05) is 23.6 Å². The van der Waals surface area contributed by atoms with Crippen molar-refractivity contribution in [3.8, 4) is 0 Å². The second-order valence-electron chi connectivity index (χ2n) is 4.26. The lowest BCUT2D eigenvalue weighted by Gasteiger charge is -2.25. The molecule has 1 fully saturated rings. The Kier molecular flexibility index (Phi) is 1.33. The molecule has 0 radical (unpaired) electrons. The summed E-state index contributed by atoms with van der Waals surface area (Å²) >= 11 is 0. The van der Waals surface area contributed by atoms with Crippen LogP contribution < -0.4 is 0 Å². The Hall–Kier alpha value is -0.920. The first-order valence-corrected chi connectivity index (χ1v) is 4.90. The molecular formula is C11H12FN. The van der Waals surface area contributed by atoms with Crippen LogP contribution in [0.3, 0.4) is 0 Å². The van der Waals surface area contributed by atoms with Gasteiger partial charge < -0.3 is 0 Å². The van der Waals surface area contributed by atoms with Crippen molar-refractivity contribution in [1.29, 1.82) is 0 Å². The summed E-state index contributed by atoms with van der Waals surface area (Å²) in [5, 5.41) is 0. The third-order valence-electron chi connectivity index (χ3n) is 3.18. The van der Waals surface area contributed by atoms with E-state index in [0.29, 0.717) is 12.3 Å². The summed E-state index contributed by atoms with van der Waals surface area (Å²) in [5.41, 5.74) is 3.43. The largest absolute Gasteiger partial charge is 0.252 e. The highest BCUT2D eigenvalue weighted by atomic mass is 19.1. The fourth-order valence-electron chi connectivity index (χ4n) is 2.16. The van der Waals surface area contributed by atoms with Crippen LogP contribution in [0.4, 0.5) is 4.39 Å². The SMILES string of the molecule is CC1CC1C1=NC2=C1CC(F)C=C2. The molecule has 0 N–H and O–H groups in total. The van der Waals surface area contributed by atoms with E-state index in [1.54, 1.807) is 6.08 Å². The van der Waals surface area contributed by atoms with Gasteiger partial charge in [0.25, 0.3) is 0 Å². The lowest BCUT2D eigenvalue weighted by molar-refractivity contribution is 0.395. The van der Waals surface area contributed by atoms with Crippen LogP contribution in [0.5, 0.6) is 0 Å². The van der Waals surface area contributed by atoms with E-state index in [2.05, 4.69) is 11.9 Å². The molecule has 3 atom stereocenters. The lowest BCUT2D eigenvalue weighted by Crippen LogP contribution is -2.22. The summed E-state index contributed by atoms with van der Waals surface area (Å²) in [6.07, 6.45) is 4.46. The third kappa shape index (κ3) is 1.01. The fraction of sp³-hybridized carbons (Fsp3) is 0.545. The number of nitrogens with zero attached hydrogens (tertiary/aromatic N) is 1. The molecule has 2 heteroatoms. The maximum Gasteiger partial charge on any atom is 0.123 e. The van der Waals surface area contributed by atoms with Crippen molar-refractivity contribution in [2.75, 3.05) is 0 Å². The van der Waals surface area contributed by atoms with Gasteiger partial charge in [-0.1, -0.05) is 6.92 Å². The first-order chi connectivity index (χ1) is 6.25. The highest BCUT2D eigenvalue weighted by molar-refractivity contribution is 6.10. The summed E-state index contributed by atoms with van der Waals surface area (Å²) in [6.45, 7) is 2.23. The zero-order chi connectivity index (χ0) is 9.00. The van der Waals surface area contributed by atoms with E-state index in [4.69, 9.17) is 0 Å². The van der Waals surface area contributed by atoms with Crippen molar-refractivity contribution in [2.24, 2.45) is 16.8 Å². The molecule has 0 spiro atoms. The van der Waals surface area contributed by atoms with Gasteiger partial charge in [-0.3, -0.25) is 4.99 Å². The second-order valence-corrected chi connectivity index (χ2v) is 4.26. The van der Waals surface area contributed by atoms with Gasteiger partial charge in [-0.2, -0.15) is 0 Å². The van der Waals surface area contributed by atoms with E-state index in [0.717, 1.165) is 11.6 Å². The van der Waals surface area contributed by atoms with E-state index < -0.39 is 6.17 Å². The molecule has 0 aromatic carbocycles. The van der Waals surface area contributed by atoms with Crippen LogP contribution >= 0.6 is 0 Å². The van der Waals surface area contributed by atoms with Gasteiger partial charge >= 0.3 is 0 Å². The summed E-state index contributed by atoms with van der Waals surface area (Å²) < 4.78 is 13.0. The quantitative estimate of drug-likeness (QED) is 0.584. The molecule has 3 rings (SSSR count). The number of rotatable bonds is 1. The van der Waals surface area contributed by atoms with E-state index in [9.17, 15) is 4.39 Å². The molecule has 68 valence electrons. The van der Waals surface area contributed by atoms with Crippen molar-refractivity contribution < 1.29 is 4.39 Å². The van der Waals surface area contributed by atoms with E-state index in [-0.39, 0.29) is 0 Å². The molecular weight excluding hydrogens is 165 g/mol. The normalized spacial score (nSPS) is 41.1. The van der Waals surface area contributed by atoms with Crippen molar-refractivity contribution in [2.45, 2.75) is 25.9 Å². The zero-order valence-corrected chi connectivity index (χ0v) is 7.63. The number of hydrogen-bond donors (Lipinski definition) is 0. The van der Waals surface area contributed by atoms with Gasteiger partial charge in [0.1, 0.15) is 6.17 Å². The van der Waals surface area contributed by atoms with Crippen molar-refractivity contribution in [3.63, 3.8) is 0 Å². The number of hydrogen-bond acceptors (Lipinski definition) is 1. The average molecular weight is 177 g/mol. The average Bonchev–Trinajstić information content (AvgIpc) is 2.75. The minimum absolute atomic E-state index is 0.563. The van der Waals surface area contributed by atoms with Gasteiger partial charge in [0.05, 0.1) is 5.70 Å². The fourth-order valence-corrected chi connectivity index (χ4v) is 2.16. The van der Waals surface area contributed by atoms with E-state index in [1.807, 2.05) is 6.08 Å². The van der Waals surface area contributed by atoms with Crippen LogP contribution in [-0.2, 0) is 0 Å². The van der Waals surface area contributed by atoms with Gasteiger partial charge in [-0.25, -0.2) is 4.39 Å². The Morgan fingerprint density at radius 3 is 3.00 bits per heavy atom. The molecule has 0 aromatic heterocycles. The lowest BCUT2D eigenvalue weighted by atomic mass is 9.89. The Balaban J connectivity index is 1.80. The molecule has 1 aliphatic heterocycles. The van der Waals surface area contributed by atoms with Crippen LogP contribution in [0, 0.1) is 11.8 Å². The molecule has 3 aliphatic rings. The Labute approximate surface area is 77.1 Å². The van der Waals surface area contributed by atoms with Crippen molar-refractivity contribution >= 4 is 5.71 Å². The second kappa shape index (κ2) is 2.31. The minimum atomic E-state index is -0.779. The summed E-state index contributed by atoms with van der Waals surface area (Å²) in [6, 6.07) is 0. The van der Waals surface area contributed by atoms with Crippen LogP contribution in [0.15, 0.2) is 28.4 Å². The number of aliphatic imine (C=N–C) groups is 1. The Morgan fingerprint density at radius 1 is 1.54 bits per heavy atom. The molecule has 0 bridgehead atoms. The van der Waals surface area contributed by atoms with Gasteiger partial charge in [-0.05, 0) is 24.5 Å². The number of allylic oxidation sites excluding steroid dienone is 3. The highest BCUT2D eigenvalue weighted by Crippen LogP contribution is 2.46. The highest BCUT2D eigenvalue weighted by Gasteiger charge is 2.42. The van der Waals surface area contributed by atoms with Crippen molar-refractivity contribution in [3.05, 3.63) is 23.4 Å². The summed E-state index contributed by atoms with van der Waals surface area (Å²) in [7, 11) is 0. The first kappa shape index (κ1) is 7.48. The van der Waals surface area contributed by atoms with Crippen LogP contribution in [0.1, 0.15) is 19.8 Å². The predicted molar refractivity (Wildman–Crippen MR) is 50.4 cm³/mol.